The summed E-state index contributed by atoms with van der Waals surface area (Å²) in [6.07, 6.45) is 2.66. The molecule has 2 heterocycles. The van der Waals surface area contributed by atoms with Gasteiger partial charge >= 0.3 is 0 Å². The third-order valence-electron chi connectivity index (χ3n) is 4.49. The maximum atomic E-state index is 12.2. The van der Waals surface area contributed by atoms with Crippen LogP contribution in [0.15, 0.2) is 42.6 Å². The lowest BCUT2D eigenvalue weighted by Crippen LogP contribution is -2.41. The first-order valence-electron chi connectivity index (χ1n) is 9.15. The first-order valence-corrected chi connectivity index (χ1v) is 9.15. The summed E-state index contributed by atoms with van der Waals surface area (Å²) in [4.78, 5) is 18.8. The van der Waals surface area contributed by atoms with Crippen LogP contribution in [0.4, 0.5) is 11.4 Å². The molecule has 1 aromatic heterocycles. The second kappa shape index (κ2) is 9.31. The van der Waals surface area contributed by atoms with Crippen molar-refractivity contribution in [1.29, 1.82) is 0 Å². The molecule has 6 heteroatoms. The molecule has 3 rings (SSSR count). The Balaban J connectivity index is 1.51. The lowest BCUT2D eigenvalue weighted by atomic mass is 10.1. The van der Waals surface area contributed by atoms with Crippen molar-refractivity contribution < 1.29 is 9.53 Å². The van der Waals surface area contributed by atoms with Crippen LogP contribution in [0.1, 0.15) is 23.0 Å². The van der Waals surface area contributed by atoms with Crippen LogP contribution in [-0.4, -0.2) is 55.2 Å². The molecule has 1 aliphatic heterocycles. The lowest BCUT2D eigenvalue weighted by molar-refractivity contribution is 0.0383. The van der Waals surface area contributed by atoms with Gasteiger partial charge in [0.15, 0.2) is 0 Å². The Labute approximate surface area is 154 Å². The van der Waals surface area contributed by atoms with Gasteiger partial charge in [-0.3, -0.25) is 9.69 Å². The second-order valence-electron chi connectivity index (χ2n) is 6.28. The summed E-state index contributed by atoms with van der Waals surface area (Å²) in [5.41, 5.74) is 3.62. The van der Waals surface area contributed by atoms with E-state index < -0.39 is 0 Å². The molecule has 1 aromatic carbocycles. The standard InChI is InChI=1S/C20H26N4O2/c1-2-16-5-3-4-6-18(16)23-17-7-8-19(22-15-17)20(25)21-9-10-24-11-13-26-14-12-24/h3-8,15,23H,2,9-14H2,1H3,(H,21,25). The smallest absolute Gasteiger partial charge is 0.269 e. The Bertz CT molecular complexity index is 712. The van der Waals surface area contributed by atoms with E-state index in [1.165, 1.54) is 5.56 Å². The Morgan fingerprint density at radius 2 is 2.00 bits per heavy atom. The Morgan fingerprint density at radius 1 is 1.19 bits per heavy atom. The number of nitrogens with one attached hydrogen (secondary N) is 2. The number of rotatable bonds is 7. The topological polar surface area (TPSA) is 66.5 Å². The molecule has 0 radical (unpaired) electrons. The predicted molar refractivity (Wildman–Crippen MR) is 103 cm³/mol. The maximum absolute atomic E-state index is 12.2. The first-order chi connectivity index (χ1) is 12.8. The fourth-order valence-electron chi connectivity index (χ4n) is 2.95. The van der Waals surface area contributed by atoms with Crippen LogP contribution in [0.5, 0.6) is 0 Å². The van der Waals surface area contributed by atoms with E-state index in [9.17, 15) is 4.79 Å². The number of ether oxygens (including phenoxy) is 1. The number of aryl methyl sites for hydroxylation is 1. The van der Waals surface area contributed by atoms with Crippen LogP contribution in [0.2, 0.25) is 0 Å². The van der Waals surface area contributed by atoms with Crippen molar-refractivity contribution in [3.8, 4) is 0 Å². The molecular formula is C20H26N4O2. The number of nitrogens with zero attached hydrogens (tertiary/aromatic N) is 2. The van der Waals surface area contributed by atoms with Gasteiger partial charge in [0.1, 0.15) is 5.69 Å². The normalized spacial score (nSPS) is 14.8. The molecule has 0 saturated carbocycles. The van der Waals surface area contributed by atoms with Crippen LogP contribution in [0, 0.1) is 0 Å². The average molecular weight is 354 g/mol. The number of hydrogen-bond acceptors (Lipinski definition) is 5. The van der Waals surface area contributed by atoms with Gasteiger partial charge in [0.05, 0.1) is 25.1 Å². The minimum Gasteiger partial charge on any atom is -0.379 e. The van der Waals surface area contributed by atoms with E-state index in [0.717, 1.165) is 50.6 Å². The fraction of sp³-hybridized carbons (Fsp3) is 0.400. The van der Waals surface area contributed by atoms with Gasteiger partial charge in [-0.2, -0.15) is 0 Å². The van der Waals surface area contributed by atoms with Crippen molar-refractivity contribution >= 4 is 17.3 Å². The Morgan fingerprint density at radius 3 is 2.73 bits per heavy atom. The minimum atomic E-state index is -0.140. The molecule has 1 aliphatic rings. The van der Waals surface area contributed by atoms with Crippen molar-refractivity contribution in [2.75, 3.05) is 44.7 Å². The van der Waals surface area contributed by atoms with Crippen LogP contribution in [0.3, 0.4) is 0 Å². The average Bonchev–Trinajstić information content (AvgIpc) is 2.70. The third-order valence-corrected chi connectivity index (χ3v) is 4.49. The molecule has 2 aromatic rings. The molecule has 2 N–H and O–H groups in total. The minimum absolute atomic E-state index is 0.140. The van der Waals surface area contributed by atoms with Gasteiger partial charge in [-0.05, 0) is 30.2 Å². The highest BCUT2D eigenvalue weighted by molar-refractivity contribution is 5.92. The predicted octanol–water partition coefficient (Wildman–Crippen LogP) is 2.45. The molecule has 26 heavy (non-hydrogen) atoms. The van der Waals surface area contributed by atoms with Gasteiger partial charge in [-0.25, -0.2) is 4.98 Å². The van der Waals surface area contributed by atoms with Gasteiger partial charge in [0.25, 0.3) is 5.91 Å². The maximum Gasteiger partial charge on any atom is 0.269 e. The van der Waals surface area contributed by atoms with Gasteiger partial charge in [-0.15, -0.1) is 0 Å². The number of benzene rings is 1. The summed E-state index contributed by atoms with van der Waals surface area (Å²) >= 11 is 0. The summed E-state index contributed by atoms with van der Waals surface area (Å²) in [7, 11) is 0. The lowest BCUT2D eigenvalue weighted by Gasteiger charge is -2.26. The highest BCUT2D eigenvalue weighted by Gasteiger charge is 2.11. The van der Waals surface area contributed by atoms with E-state index >= 15 is 0 Å². The SMILES string of the molecule is CCc1ccccc1Nc1ccc(C(=O)NCCN2CCOCC2)nc1. The van der Waals surface area contributed by atoms with Gasteiger partial charge in [0, 0.05) is 31.9 Å². The van der Waals surface area contributed by atoms with E-state index in [4.69, 9.17) is 4.74 Å². The van der Waals surface area contributed by atoms with Gasteiger partial charge in [-0.1, -0.05) is 25.1 Å². The summed E-state index contributed by atoms with van der Waals surface area (Å²) in [6, 6.07) is 11.8. The highest BCUT2D eigenvalue weighted by atomic mass is 16.5. The number of carbonyl (C=O) groups is 1. The van der Waals surface area contributed by atoms with Crippen LogP contribution >= 0.6 is 0 Å². The summed E-state index contributed by atoms with van der Waals surface area (Å²) < 4.78 is 5.32. The Hall–Kier alpha value is -2.44. The van der Waals surface area contributed by atoms with Gasteiger partial charge in [0.2, 0.25) is 0 Å². The molecule has 6 nitrogen and oxygen atoms in total. The van der Waals surface area contributed by atoms with Crippen molar-refractivity contribution in [3.05, 3.63) is 53.9 Å². The molecule has 0 unspecified atom stereocenters. The number of carbonyl (C=O) groups excluding carboxylic acids is 1. The first kappa shape index (κ1) is 18.4. The van der Waals surface area contributed by atoms with Crippen molar-refractivity contribution in [2.24, 2.45) is 0 Å². The van der Waals surface area contributed by atoms with Crippen LogP contribution in [0.25, 0.3) is 0 Å². The molecule has 0 aliphatic carbocycles. The van der Waals surface area contributed by atoms with E-state index in [1.807, 2.05) is 24.3 Å². The molecule has 138 valence electrons. The summed E-state index contributed by atoms with van der Waals surface area (Å²) in [5.74, 6) is -0.140. The highest BCUT2D eigenvalue weighted by Crippen LogP contribution is 2.20. The molecule has 1 amide bonds. The number of amides is 1. The quantitative estimate of drug-likeness (QED) is 0.799. The van der Waals surface area contributed by atoms with Crippen LogP contribution < -0.4 is 10.6 Å². The molecule has 1 fully saturated rings. The fourth-order valence-corrected chi connectivity index (χ4v) is 2.95. The monoisotopic (exact) mass is 354 g/mol. The van der Waals surface area contributed by atoms with E-state index in [2.05, 4.69) is 33.5 Å². The van der Waals surface area contributed by atoms with E-state index in [0.29, 0.717) is 12.2 Å². The zero-order chi connectivity index (χ0) is 18.2. The number of morpholine rings is 1. The zero-order valence-corrected chi connectivity index (χ0v) is 15.2. The summed E-state index contributed by atoms with van der Waals surface area (Å²) in [5, 5.41) is 6.29. The molecule has 0 spiro atoms. The van der Waals surface area contributed by atoms with E-state index in [-0.39, 0.29) is 5.91 Å². The summed E-state index contributed by atoms with van der Waals surface area (Å²) in [6.45, 7) is 6.97. The third kappa shape index (κ3) is 5.03. The zero-order valence-electron chi connectivity index (χ0n) is 15.2. The largest absolute Gasteiger partial charge is 0.379 e. The number of hydrogen-bond donors (Lipinski definition) is 2. The molecule has 1 saturated heterocycles. The number of anilines is 2. The van der Waals surface area contributed by atoms with Gasteiger partial charge < -0.3 is 15.4 Å². The van der Waals surface area contributed by atoms with Crippen molar-refractivity contribution in [3.63, 3.8) is 0 Å². The van der Waals surface area contributed by atoms with E-state index in [1.54, 1.807) is 12.3 Å². The Kier molecular flexibility index (Phi) is 6.57. The van der Waals surface area contributed by atoms with Crippen LogP contribution in [-0.2, 0) is 11.2 Å². The number of para-hydroxylation sites is 1. The van der Waals surface area contributed by atoms with Crippen molar-refractivity contribution in [1.82, 2.24) is 15.2 Å². The number of pyridine rings is 1. The second-order valence-corrected chi connectivity index (χ2v) is 6.28. The number of aromatic nitrogens is 1. The molecular weight excluding hydrogens is 328 g/mol. The molecule has 0 atom stereocenters. The molecule has 0 bridgehead atoms. The van der Waals surface area contributed by atoms with Crippen molar-refractivity contribution in [2.45, 2.75) is 13.3 Å².